The molecule has 0 unspecified atom stereocenters. The molecule has 0 amide bonds. The third kappa shape index (κ3) is 4.23. The van der Waals surface area contributed by atoms with Crippen molar-refractivity contribution in [3.63, 3.8) is 0 Å². The van der Waals surface area contributed by atoms with E-state index >= 15 is 0 Å². The summed E-state index contributed by atoms with van der Waals surface area (Å²) in [7, 11) is 0. The molecule has 0 saturated carbocycles. The zero-order valence-electron chi connectivity index (χ0n) is 17.3. The Morgan fingerprint density at radius 3 is 2.74 bits per heavy atom. The molecule has 2 aromatic heterocycles. The summed E-state index contributed by atoms with van der Waals surface area (Å²) < 4.78 is 13.7. The van der Waals surface area contributed by atoms with Crippen LogP contribution in [0.2, 0.25) is 0 Å². The second-order valence-corrected chi connectivity index (χ2v) is 9.18. The molecule has 6 heteroatoms. The van der Waals surface area contributed by atoms with Crippen LogP contribution in [0.1, 0.15) is 36.4 Å². The third-order valence-electron chi connectivity index (χ3n) is 6.09. The van der Waals surface area contributed by atoms with E-state index in [1.54, 1.807) is 12.3 Å². The normalized spacial score (nSPS) is 18.7. The number of nitrogens with two attached hydrogens (primary N) is 1. The molecule has 0 bridgehead atoms. The van der Waals surface area contributed by atoms with Crippen LogP contribution in [0.4, 0.5) is 10.2 Å². The molecule has 1 atom stereocenters. The van der Waals surface area contributed by atoms with E-state index < -0.39 is 5.95 Å². The Balaban J connectivity index is 1.58. The number of pyridine rings is 2. The summed E-state index contributed by atoms with van der Waals surface area (Å²) >= 11 is 1.99. The van der Waals surface area contributed by atoms with Gasteiger partial charge in [0.1, 0.15) is 5.82 Å². The molecule has 3 N–H and O–H groups in total. The van der Waals surface area contributed by atoms with Crippen LogP contribution < -0.4 is 11.1 Å². The van der Waals surface area contributed by atoms with Gasteiger partial charge in [-0.25, -0.2) is 9.97 Å². The van der Waals surface area contributed by atoms with Gasteiger partial charge in [0, 0.05) is 41.4 Å². The third-order valence-corrected chi connectivity index (χ3v) is 6.98. The van der Waals surface area contributed by atoms with E-state index in [1.165, 1.54) is 41.1 Å². The monoisotopic (exact) mass is 432 g/mol. The van der Waals surface area contributed by atoms with Gasteiger partial charge in [0.15, 0.2) is 0 Å². The van der Waals surface area contributed by atoms with Crippen molar-refractivity contribution in [3.05, 3.63) is 71.9 Å². The molecule has 1 saturated heterocycles. The van der Waals surface area contributed by atoms with Crippen molar-refractivity contribution in [2.75, 3.05) is 23.8 Å². The molecule has 0 radical (unpaired) electrons. The highest BCUT2D eigenvalue weighted by Gasteiger charge is 2.22. The Morgan fingerprint density at radius 2 is 1.97 bits per heavy atom. The summed E-state index contributed by atoms with van der Waals surface area (Å²) in [5, 5.41) is 3.67. The van der Waals surface area contributed by atoms with E-state index in [1.807, 2.05) is 17.8 Å². The number of aromatic nitrogens is 2. The molecule has 158 valence electrons. The van der Waals surface area contributed by atoms with Gasteiger partial charge in [0.25, 0.3) is 0 Å². The van der Waals surface area contributed by atoms with Crippen molar-refractivity contribution in [1.82, 2.24) is 15.3 Å². The highest BCUT2D eigenvalue weighted by atomic mass is 32.2. The van der Waals surface area contributed by atoms with Gasteiger partial charge in [-0.2, -0.15) is 16.2 Å². The molecule has 4 heterocycles. The first kappa shape index (κ1) is 20.2. The van der Waals surface area contributed by atoms with E-state index in [4.69, 9.17) is 5.73 Å². The Labute approximate surface area is 186 Å². The van der Waals surface area contributed by atoms with Crippen molar-refractivity contribution >= 4 is 23.2 Å². The lowest BCUT2D eigenvalue weighted by atomic mass is 9.89. The topological polar surface area (TPSA) is 63.8 Å². The summed E-state index contributed by atoms with van der Waals surface area (Å²) in [5.74, 6) is 2.12. The fourth-order valence-corrected chi connectivity index (χ4v) is 5.33. The number of hydrogen-bond acceptors (Lipinski definition) is 5. The van der Waals surface area contributed by atoms with Crippen molar-refractivity contribution in [2.24, 2.45) is 0 Å². The van der Waals surface area contributed by atoms with Gasteiger partial charge in [-0.05, 0) is 77.6 Å². The van der Waals surface area contributed by atoms with Crippen LogP contribution in [0.3, 0.4) is 0 Å². The summed E-state index contributed by atoms with van der Waals surface area (Å²) in [6.45, 7) is 1.06. The van der Waals surface area contributed by atoms with Crippen LogP contribution in [-0.2, 0) is 0 Å². The number of nitrogen functional groups attached to an aromatic ring is 1. The fourth-order valence-electron chi connectivity index (χ4n) is 4.48. The molecule has 4 nitrogen and oxygen atoms in total. The van der Waals surface area contributed by atoms with Crippen LogP contribution in [-0.4, -0.2) is 28.0 Å². The van der Waals surface area contributed by atoms with Gasteiger partial charge in [-0.1, -0.05) is 18.2 Å². The molecule has 0 spiro atoms. The van der Waals surface area contributed by atoms with Gasteiger partial charge >= 0.3 is 0 Å². The first-order valence-corrected chi connectivity index (χ1v) is 11.9. The number of rotatable bonds is 4. The largest absolute Gasteiger partial charge is 0.383 e. The maximum absolute atomic E-state index is 13.7. The average molecular weight is 433 g/mol. The number of nitrogens with zero attached hydrogens (tertiary/aromatic N) is 2. The lowest BCUT2D eigenvalue weighted by molar-refractivity contribution is 0.584. The van der Waals surface area contributed by atoms with Crippen LogP contribution in [0.15, 0.2) is 54.9 Å². The predicted octanol–water partition coefficient (Wildman–Crippen LogP) is 5.48. The van der Waals surface area contributed by atoms with E-state index in [0.29, 0.717) is 17.4 Å². The van der Waals surface area contributed by atoms with Crippen molar-refractivity contribution in [3.8, 4) is 22.3 Å². The lowest BCUT2D eigenvalue weighted by Gasteiger charge is -2.21. The molecular weight excluding hydrogens is 407 g/mol. The lowest BCUT2D eigenvalue weighted by Crippen LogP contribution is -2.15. The molecule has 1 fully saturated rings. The summed E-state index contributed by atoms with van der Waals surface area (Å²) in [6, 6.07) is 12.2. The minimum atomic E-state index is -0.528. The molecular formula is C25H25FN4S. The van der Waals surface area contributed by atoms with Crippen molar-refractivity contribution < 1.29 is 4.39 Å². The number of hydrogen-bond donors (Lipinski definition) is 2. The van der Waals surface area contributed by atoms with Crippen LogP contribution in [0.25, 0.3) is 27.8 Å². The molecule has 5 rings (SSSR count). The minimum absolute atomic E-state index is 0.376. The van der Waals surface area contributed by atoms with Gasteiger partial charge in [-0.15, -0.1) is 0 Å². The Hall–Kier alpha value is -2.70. The Morgan fingerprint density at radius 1 is 1.03 bits per heavy atom. The highest BCUT2D eigenvalue weighted by molar-refractivity contribution is 7.99. The average Bonchev–Trinajstić information content (AvgIpc) is 3.35. The second kappa shape index (κ2) is 8.81. The maximum Gasteiger partial charge on any atom is 0.213 e. The van der Waals surface area contributed by atoms with E-state index in [9.17, 15) is 4.39 Å². The number of allylic oxidation sites excluding steroid dienone is 1. The molecule has 1 aromatic carbocycles. The van der Waals surface area contributed by atoms with Gasteiger partial charge in [0.05, 0.1) is 0 Å². The SMILES string of the molecule is Nc1ncc(-c2ccc(C3=CCSCC3)c([C@@H]3CCCN3)c2)cc1-c1ccnc(F)c1. The first-order chi connectivity index (χ1) is 15.2. The molecule has 0 aliphatic carbocycles. The first-order valence-electron chi connectivity index (χ1n) is 10.7. The quantitative estimate of drug-likeness (QED) is 0.535. The van der Waals surface area contributed by atoms with Crippen molar-refractivity contribution in [2.45, 2.75) is 25.3 Å². The molecule has 2 aliphatic rings. The minimum Gasteiger partial charge on any atom is -0.383 e. The molecule has 2 aliphatic heterocycles. The van der Waals surface area contributed by atoms with Crippen LogP contribution >= 0.6 is 11.8 Å². The van der Waals surface area contributed by atoms with Crippen molar-refractivity contribution in [1.29, 1.82) is 0 Å². The van der Waals surface area contributed by atoms with E-state index in [2.05, 4.69) is 39.6 Å². The Bertz CT molecular complexity index is 1140. The zero-order valence-corrected chi connectivity index (χ0v) is 18.1. The number of halogens is 1. The van der Waals surface area contributed by atoms with Crippen LogP contribution in [0, 0.1) is 5.95 Å². The summed E-state index contributed by atoms with van der Waals surface area (Å²) in [5.41, 5.74) is 13.8. The fraction of sp³-hybridized carbons (Fsp3) is 0.280. The second-order valence-electron chi connectivity index (χ2n) is 8.03. The number of nitrogens with one attached hydrogen (secondary N) is 1. The summed E-state index contributed by atoms with van der Waals surface area (Å²) in [4.78, 5) is 8.05. The summed E-state index contributed by atoms with van der Waals surface area (Å²) in [6.07, 6.45) is 9.09. The Kier molecular flexibility index (Phi) is 5.74. The van der Waals surface area contributed by atoms with E-state index in [0.717, 1.165) is 41.8 Å². The standard InChI is InChI=1S/C25H25FN4S/c26-24-14-18(5-9-29-24)21-13-19(15-30-25(21)27)17-3-4-20(16-6-10-31-11-7-16)22(12-17)23-2-1-8-28-23/h3-6,9,12-15,23,28H,1-2,7-8,10-11H2,(H2,27,30)/t23-/m0/s1. The molecule has 31 heavy (non-hydrogen) atoms. The smallest absolute Gasteiger partial charge is 0.213 e. The number of benzene rings is 1. The predicted molar refractivity (Wildman–Crippen MR) is 127 cm³/mol. The van der Waals surface area contributed by atoms with Crippen LogP contribution in [0.5, 0.6) is 0 Å². The van der Waals surface area contributed by atoms with Gasteiger partial charge in [-0.3, -0.25) is 0 Å². The molecule has 3 aromatic rings. The van der Waals surface area contributed by atoms with E-state index in [-0.39, 0.29) is 0 Å². The number of thioether (sulfide) groups is 1. The zero-order chi connectivity index (χ0) is 21.2. The maximum atomic E-state index is 13.7. The highest BCUT2D eigenvalue weighted by Crippen LogP contribution is 2.37. The van der Waals surface area contributed by atoms with Gasteiger partial charge < -0.3 is 11.1 Å². The number of anilines is 1. The van der Waals surface area contributed by atoms with Gasteiger partial charge in [0.2, 0.25) is 5.95 Å².